The van der Waals surface area contributed by atoms with Crippen molar-refractivity contribution in [2.45, 2.75) is 78.9 Å². The number of ether oxygens (including phenoxy) is 2. The van der Waals surface area contributed by atoms with Gasteiger partial charge in [-0.1, -0.05) is 163 Å². The number of benzene rings is 4. The number of rotatable bonds is 12. The Morgan fingerprint density at radius 3 is 1.19 bits per heavy atom. The fourth-order valence-electron chi connectivity index (χ4n) is 8.67. The van der Waals surface area contributed by atoms with Crippen molar-refractivity contribution in [2.24, 2.45) is 22.3 Å². The molecule has 2 aromatic heterocycles. The summed E-state index contributed by atoms with van der Waals surface area (Å²) < 4.78 is 15.6. The summed E-state index contributed by atoms with van der Waals surface area (Å²) >= 11 is 0. The van der Waals surface area contributed by atoms with Crippen LogP contribution in [0.3, 0.4) is 0 Å². The van der Waals surface area contributed by atoms with Crippen LogP contribution < -0.4 is 11.5 Å². The molecule has 2 aliphatic rings. The largest absolute Gasteiger partial charge is 0.365 e. The third kappa shape index (κ3) is 11.1. The van der Waals surface area contributed by atoms with Gasteiger partial charge >= 0.3 is 0 Å². The number of hydrogen-bond acceptors (Lipinski definition) is 8. The molecule has 64 heavy (non-hydrogen) atoms. The lowest BCUT2D eigenvalue weighted by Crippen LogP contribution is -2.53. The minimum atomic E-state index is -0.236. The average Bonchev–Trinajstić information content (AvgIpc) is 3.89. The second-order valence-electron chi connectivity index (χ2n) is 18.9. The van der Waals surface area contributed by atoms with E-state index in [0.717, 1.165) is 34.2 Å². The first-order valence-corrected chi connectivity index (χ1v) is 22.3. The highest BCUT2D eigenvalue weighted by atomic mass is 16.5. The second-order valence-corrected chi connectivity index (χ2v) is 18.9. The van der Waals surface area contributed by atoms with Gasteiger partial charge in [0.05, 0.1) is 35.7 Å². The Balaban J connectivity index is 0.000000191. The molecule has 2 saturated heterocycles. The molecule has 6 aromatic rings. The minimum absolute atomic E-state index is 0.0230. The van der Waals surface area contributed by atoms with Gasteiger partial charge in [0.25, 0.3) is 0 Å². The molecule has 0 spiro atoms. The lowest BCUT2D eigenvalue weighted by molar-refractivity contribution is -0.156. The predicted molar refractivity (Wildman–Crippen MR) is 252 cm³/mol. The van der Waals surface area contributed by atoms with Gasteiger partial charge in [0, 0.05) is 62.8 Å². The van der Waals surface area contributed by atoms with Crippen molar-refractivity contribution in [3.05, 3.63) is 156 Å². The molecule has 4 atom stereocenters. The number of hydrogen-bond donors (Lipinski definition) is 2. The quantitative estimate of drug-likeness (QED) is 0.127. The van der Waals surface area contributed by atoms with E-state index in [1.54, 1.807) is 0 Å². The van der Waals surface area contributed by atoms with Gasteiger partial charge in [-0.15, -0.1) is 0 Å². The Morgan fingerprint density at radius 1 is 0.547 bits per heavy atom. The van der Waals surface area contributed by atoms with Gasteiger partial charge in [0.2, 0.25) is 11.8 Å². The molecule has 2 amide bonds. The van der Waals surface area contributed by atoms with E-state index in [1.165, 1.54) is 11.1 Å². The summed E-state index contributed by atoms with van der Waals surface area (Å²) in [5.74, 6) is 1.72. The fourth-order valence-corrected chi connectivity index (χ4v) is 8.67. The fraction of sp³-hybridized carbons (Fsp3) is 0.385. The molecule has 2 fully saturated rings. The summed E-state index contributed by atoms with van der Waals surface area (Å²) in [6, 6.07) is 40.6. The maximum atomic E-state index is 13.0. The first-order chi connectivity index (χ1) is 30.7. The van der Waals surface area contributed by atoms with Gasteiger partial charge in [-0.05, 0) is 22.0 Å². The van der Waals surface area contributed by atoms with Crippen molar-refractivity contribution in [2.75, 3.05) is 39.4 Å². The molecule has 4 N–H and O–H groups in total. The van der Waals surface area contributed by atoms with Crippen molar-refractivity contribution in [1.29, 1.82) is 0 Å². The minimum Gasteiger partial charge on any atom is -0.365 e. The average molecular weight is 865 g/mol. The number of nitrogens with zero attached hydrogens (tertiary/aromatic N) is 6. The predicted octanol–water partition coefficient (Wildman–Crippen LogP) is 7.74. The highest BCUT2D eigenvalue weighted by Gasteiger charge is 2.42. The van der Waals surface area contributed by atoms with Gasteiger partial charge in [0.15, 0.2) is 0 Å². The first kappa shape index (κ1) is 46.1. The SMILES string of the molecule is CC(C)(C)[C@H](c1nc(-c2ccccc2)cn1Cc1ccccc1)N1C[C@@H](CN)OCC1=O.CC(C)(C)[C@H](c1nc(-c2ccccc2)cn1Cc1ccccc1)N1C[C@H](CN)OCC1=O. The number of carbonyl (C=O) groups is 2. The van der Waals surface area contributed by atoms with Gasteiger partial charge in [0.1, 0.15) is 24.9 Å². The third-order valence-electron chi connectivity index (χ3n) is 11.8. The zero-order valence-corrected chi connectivity index (χ0v) is 38.1. The molecule has 12 nitrogen and oxygen atoms in total. The van der Waals surface area contributed by atoms with Crippen molar-refractivity contribution in [3.8, 4) is 22.5 Å². The smallest absolute Gasteiger partial charge is 0.249 e. The lowest BCUT2D eigenvalue weighted by Gasteiger charge is -2.43. The van der Waals surface area contributed by atoms with E-state index in [9.17, 15) is 9.59 Å². The van der Waals surface area contributed by atoms with Crippen molar-refractivity contribution < 1.29 is 19.1 Å². The molecule has 0 radical (unpaired) electrons. The van der Waals surface area contributed by atoms with E-state index >= 15 is 0 Å². The molecule has 0 unspecified atom stereocenters. The number of nitrogens with two attached hydrogens (primary N) is 2. The van der Waals surface area contributed by atoms with Crippen LogP contribution in [0.4, 0.5) is 0 Å². The van der Waals surface area contributed by atoms with Crippen LogP contribution in [0, 0.1) is 10.8 Å². The topological polar surface area (TPSA) is 147 Å². The third-order valence-corrected chi connectivity index (χ3v) is 11.8. The van der Waals surface area contributed by atoms with Gasteiger partial charge in [-0.3, -0.25) is 9.59 Å². The first-order valence-electron chi connectivity index (χ1n) is 22.3. The number of morpholine rings is 2. The van der Waals surface area contributed by atoms with Crippen LogP contribution in [-0.4, -0.2) is 92.3 Å². The molecule has 0 aliphatic carbocycles. The van der Waals surface area contributed by atoms with Gasteiger partial charge in [-0.25, -0.2) is 9.97 Å². The van der Waals surface area contributed by atoms with Crippen LogP contribution in [0.1, 0.15) is 76.4 Å². The molecule has 0 bridgehead atoms. The molecule has 12 heteroatoms. The van der Waals surface area contributed by atoms with E-state index in [1.807, 2.05) is 82.6 Å². The standard InChI is InChI=1S/2C26H32N4O2/c2*1-26(2,3)24(30-16-21(14-27)32-18-23(30)31)25-28-22(20-12-8-5-9-13-20)17-29(25)15-19-10-6-4-7-11-19/h2*4-13,17,21,24H,14-16,18,27H2,1-3H3/t21-,24+;21-,24-/m10/s1. The second kappa shape index (κ2) is 20.3. The van der Waals surface area contributed by atoms with Crippen molar-refractivity contribution >= 4 is 11.8 Å². The van der Waals surface area contributed by atoms with Crippen molar-refractivity contribution in [3.63, 3.8) is 0 Å². The van der Waals surface area contributed by atoms with Gasteiger partial charge in [-0.2, -0.15) is 0 Å². The van der Waals surface area contributed by atoms with Crippen LogP contribution in [-0.2, 0) is 32.2 Å². The Kier molecular flexibility index (Phi) is 14.6. The Morgan fingerprint density at radius 2 is 0.875 bits per heavy atom. The summed E-state index contributed by atoms with van der Waals surface area (Å²) in [5, 5.41) is 0. The Hall–Kier alpha value is -5.92. The molecule has 8 rings (SSSR count). The zero-order chi connectivity index (χ0) is 45.4. The van der Waals surface area contributed by atoms with Crippen LogP contribution in [0.5, 0.6) is 0 Å². The zero-order valence-electron chi connectivity index (χ0n) is 38.1. The highest BCUT2D eigenvalue weighted by Crippen LogP contribution is 2.41. The summed E-state index contributed by atoms with van der Waals surface area (Å²) in [7, 11) is 0. The van der Waals surface area contributed by atoms with Crippen molar-refractivity contribution in [1.82, 2.24) is 28.9 Å². The summed E-state index contributed by atoms with van der Waals surface area (Å²) in [6.45, 7) is 16.1. The van der Waals surface area contributed by atoms with E-state index < -0.39 is 0 Å². The molecule has 4 aromatic carbocycles. The van der Waals surface area contributed by atoms with E-state index in [2.05, 4.69) is 112 Å². The highest BCUT2D eigenvalue weighted by molar-refractivity contribution is 5.79. The molecule has 2 aliphatic heterocycles. The normalized spacial score (nSPS) is 18.1. The summed E-state index contributed by atoms with van der Waals surface area (Å²) in [6.07, 6.45) is 3.87. The van der Waals surface area contributed by atoms with E-state index in [4.69, 9.17) is 30.9 Å². The number of imidazole rings is 2. The monoisotopic (exact) mass is 865 g/mol. The molecular formula is C52H64N8O4. The number of aromatic nitrogens is 4. The maximum Gasteiger partial charge on any atom is 0.249 e. The summed E-state index contributed by atoms with van der Waals surface area (Å²) in [4.78, 5) is 40.0. The van der Waals surface area contributed by atoms with E-state index in [-0.39, 0.29) is 60.1 Å². The maximum absolute atomic E-state index is 13.0. The van der Waals surface area contributed by atoms with Crippen LogP contribution in [0.25, 0.3) is 22.5 Å². The van der Waals surface area contributed by atoms with Crippen LogP contribution in [0.2, 0.25) is 0 Å². The molecular weight excluding hydrogens is 801 g/mol. The molecule has 336 valence electrons. The van der Waals surface area contributed by atoms with Crippen LogP contribution in [0.15, 0.2) is 134 Å². The Bertz CT molecular complexity index is 2250. The summed E-state index contributed by atoms with van der Waals surface area (Å²) in [5.41, 5.74) is 17.6. The van der Waals surface area contributed by atoms with Gasteiger partial charge < -0.3 is 39.9 Å². The Labute approximate surface area is 378 Å². The molecule has 4 heterocycles. The lowest BCUT2D eigenvalue weighted by atomic mass is 9.84. The molecule has 0 saturated carbocycles. The van der Waals surface area contributed by atoms with Crippen LogP contribution >= 0.6 is 0 Å². The number of carbonyl (C=O) groups excluding carboxylic acids is 2. The van der Waals surface area contributed by atoms with E-state index in [0.29, 0.717) is 39.3 Å². The number of amides is 2.